The minimum absolute atomic E-state index is 0.194. The smallest absolute Gasteiger partial charge is 0.238 e. The van der Waals surface area contributed by atoms with Gasteiger partial charge in [0, 0.05) is 35.4 Å². The largest absolute Gasteiger partial charge is 0.325 e. The second-order valence-electron chi connectivity index (χ2n) is 9.72. The SMILES string of the molecule is CN(C)CCN(c1ccc(N=C(c2ccc3ncccc3c2)C2C(=O)Nc3cc(Cl)ccc32)cc1)S(C)(=O)=O. The molecular weight excluding hydrogens is 534 g/mol. The van der Waals surface area contributed by atoms with Crippen molar-refractivity contribution in [2.45, 2.75) is 5.92 Å². The van der Waals surface area contributed by atoms with Gasteiger partial charge in [0.05, 0.1) is 28.9 Å². The Morgan fingerprint density at radius 3 is 2.51 bits per heavy atom. The average Bonchev–Trinajstić information content (AvgIpc) is 3.21. The average molecular weight is 562 g/mol. The lowest BCUT2D eigenvalue weighted by Gasteiger charge is -2.24. The third-order valence-electron chi connectivity index (χ3n) is 6.56. The number of hydrogen-bond acceptors (Lipinski definition) is 6. The number of anilines is 2. The molecule has 0 saturated heterocycles. The summed E-state index contributed by atoms with van der Waals surface area (Å²) < 4.78 is 26.3. The van der Waals surface area contributed by atoms with Crippen molar-refractivity contribution < 1.29 is 13.2 Å². The number of benzene rings is 3. The van der Waals surface area contributed by atoms with Gasteiger partial charge in [-0.25, -0.2) is 8.42 Å². The molecule has 200 valence electrons. The zero-order valence-corrected chi connectivity index (χ0v) is 23.4. The van der Waals surface area contributed by atoms with Crippen molar-refractivity contribution in [1.29, 1.82) is 0 Å². The second kappa shape index (κ2) is 10.8. The Bertz CT molecular complexity index is 1690. The van der Waals surface area contributed by atoms with Crippen LogP contribution in [-0.2, 0) is 14.8 Å². The number of carbonyl (C=O) groups excluding carboxylic acids is 1. The molecule has 1 unspecified atom stereocenters. The van der Waals surface area contributed by atoms with E-state index < -0.39 is 15.9 Å². The van der Waals surface area contributed by atoms with E-state index in [1.807, 2.05) is 55.4 Å². The van der Waals surface area contributed by atoms with Crippen molar-refractivity contribution in [3.05, 3.63) is 95.1 Å². The summed E-state index contributed by atoms with van der Waals surface area (Å²) >= 11 is 6.18. The predicted molar refractivity (Wildman–Crippen MR) is 158 cm³/mol. The van der Waals surface area contributed by atoms with E-state index in [1.165, 1.54) is 10.6 Å². The Morgan fingerprint density at radius 1 is 1.03 bits per heavy atom. The van der Waals surface area contributed by atoms with Crippen LogP contribution in [0, 0.1) is 0 Å². The minimum Gasteiger partial charge on any atom is -0.325 e. The van der Waals surface area contributed by atoms with E-state index in [1.54, 1.807) is 42.6 Å². The zero-order valence-electron chi connectivity index (χ0n) is 21.8. The van der Waals surface area contributed by atoms with Crippen molar-refractivity contribution in [2.75, 3.05) is 43.1 Å². The molecule has 0 radical (unpaired) electrons. The van der Waals surface area contributed by atoms with Crippen molar-refractivity contribution in [2.24, 2.45) is 4.99 Å². The van der Waals surface area contributed by atoms with Crippen LogP contribution >= 0.6 is 11.6 Å². The number of aromatic nitrogens is 1. The van der Waals surface area contributed by atoms with Gasteiger partial charge in [-0.3, -0.25) is 19.1 Å². The number of hydrogen-bond donors (Lipinski definition) is 1. The Hall–Kier alpha value is -3.79. The van der Waals surface area contributed by atoms with Gasteiger partial charge in [-0.05, 0) is 79.8 Å². The normalized spacial score (nSPS) is 15.5. The Morgan fingerprint density at radius 2 is 1.79 bits per heavy atom. The highest BCUT2D eigenvalue weighted by molar-refractivity contribution is 7.92. The molecule has 1 aliphatic heterocycles. The Balaban J connectivity index is 1.59. The van der Waals surface area contributed by atoms with Crippen LogP contribution in [0.1, 0.15) is 17.0 Å². The molecular formula is C29H28ClN5O3S. The molecule has 0 aliphatic carbocycles. The molecule has 10 heteroatoms. The fourth-order valence-corrected chi connectivity index (χ4v) is 5.74. The maximum Gasteiger partial charge on any atom is 0.238 e. The molecule has 1 N–H and O–H groups in total. The second-order valence-corrected chi connectivity index (χ2v) is 12.1. The monoisotopic (exact) mass is 561 g/mol. The van der Waals surface area contributed by atoms with E-state index in [-0.39, 0.29) is 5.91 Å². The molecule has 0 fully saturated rings. The van der Waals surface area contributed by atoms with E-state index in [2.05, 4.69) is 10.3 Å². The molecule has 0 spiro atoms. The summed E-state index contributed by atoms with van der Waals surface area (Å²) in [4.78, 5) is 24.6. The summed E-state index contributed by atoms with van der Waals surface area (Å²) in [5.41, 5.74) is 4.79. The van der Waals surface area contributed by atoms with E-state index in [4.69, 9.17) is 16.6 Å². The topological polar surface area (TPSA) is 95.0 Å². The van der Waals surface area contributed by atoms with Gasteiger partial charge in [-0.2, -0.15) is 0 Å². The maximum absolute atomic E-state index is 13.3. The number of likely N-dealkylation sites (N-methyl/N-ethyl adjacent to an activating group) is 1. The third kappa shape index (κ3) is 5.80. The van der Waals surface area contributed by atoms with Crippen LogP contribution in [0.4, 0.5) is 17.1 Å². The van der Waals surface area contributed by atoms with Crippen molar-refractivity contribution >= 4 is 61.2 Å². The van der Waals surface area contributed by atoms with Crippen LogP contribution in [0.2, 0.25) is 5.02 Å². The first-order valence-electron chi connectivity index (χ1n) is 12.4. The Labute approximate surface area is 233 Å². The lowest BCUT2D eigenvalue weighted by molar-refractivity contribution is -0.115. The van der Waals surface area contributed by atoms with Crippen LogP contribution < -0.4 is 9.62 Å². The number of nitrogens with zero attached hydrogens (tertiary/aromatic N) is 4. The highest BCUT2D eigenvalue weighted by Crippen LogP contribution is 2.38. The van der Waals surface area contributed by atoms with Crippen LogP contribution in [-0.4, -0.2) is 63.4 Å². The molecule has 8 nitrogen and oxygen atoms in total. The summed E-state index contributed by atoms with van der Waals surface area (Å²) in [7, 11) is 0.324. The number of aliphatic imine (C=N–C) groups is 1. The van der Waals surface area contributed by atoms with Crippen LogP contribution in [0.25, 0.3) is 10.9 Å². The maximum atomic E-state index is 13.3. The lowest BCUT2D eigenvalue weighted by Crippen LogP contribution is -2.35. The number of nitrogens with one attached hydrogen (secondary N) is 1. The summed E-state index contributed by atoms with van der Waals surface area (Å²) in [5.74, 6) is -0.848. The van der Waals surface area contributed by atoms with Gasteiger partial charge in [0.2, 0.25) is 15.9 Å². The highest BCUT2D eigenvalue weighted by Gasteiger charge is 2.35. The van der Waals surface area contributed by atoms with Gasteiger partial charge >= 0.3 is 0 Å². The summed E-state index contributed by atoms with van der Waals surface area (Å²) in [6.07, 6.45) is 2.94. The van der Waals surface area contributed by atoms with Gasteiger partial charge in [0.1, 0.15) is 5.92 Å². The van der Waals surface area contributed by atoms with Crippen LogP contribution in [0.5, 0.6) is 0 Å². The summed E-state index contributed by atoms with van der Waals surface area (Å²) in [6, 6.07) is 22.0. The van der Waals surface area contributed by atoms with Gasteiger partial charge < -0.3 is 10.2 Å². The number of rotatable bonds is 8. The summed E-state index contributed by atoms with van der Waals surface area (Å²) in [5, 5.41) is 4.39. The molecule has 1 amide bonds. The van der Waals surface area contributed by atoms with E-state index in [0.29, 0.717) is 40.9 Å². The number of carbonyl (C=O) groups is 1. The number of sulfonamides is 1. The van der Waals surface area contributed by atoms with E-state index in [9.17, 15) is 13.2 Å². The van der Waals surface area contributed by atoms with Gasteiger partial charge in [0.25, 0.3) is 0 Å². The molecule has 1 aromatic heterocycles. The molecule has 1 aliphatic rings. The molecule has 4 aromatic rings. The molecule has 2 heterocycles. The first kappa shape index (κ1) is 26.8. The van der Waals surface area contributed by atoms with Gasteiger partial charge in [0.15, 0.2) is 0 Å². The van der Waals surface area contributed by atoms with Crippen LogP contribution in [0.3, 0.4) is 0 Å². The number of amides is 1. The molecule has 39 heavy (non-hydrogen) atoms. The van der Waals surface area contributed by atoms with E-state index in [0.717, 1.165) is 22.0 Å². The molecule has 1 atom stereocenters. The quantitative estimate of drug-likeness (QED) is 0.303. The predicted octanol–water partition coefficient (Wildman–Crippen LogP) is 5.07. The number of pyridine rings is 1. The van der Waals surface area contributed by atoms with Crippen LogP contribution in [0.15, 0.2) is 84.0 Å². The van der Waals surface area contributed by atoms with Crippen molar-refractivity contribution in [3.63, 3.8) is 0 Å². The highest BCUT2D eigenvalue weighted by atomic mass is 35.5. The fourth-order valence-electron chi connectivity index (χ4n) is 4.65. The standard InChI is InChI=1S/C29H28ClN5O3S/c1-34(2)15-16-35(39(3,37)38)23-10-8-22(9-11-23)32-28(20-6-13-25-19(17-20)5-4-14-31-25)27-24-12-7-21(30)18-26(24)33-29(27)36/h4-14,17-18,27H,15-16H2,1-3H3,(H,33,36). The number of fused-ring (bicyclic) bond motifs is 2. The zero-order chi connectivity index (χ0) is 27.7. The van der Waals surface area contributed by atoms with Crippen molar-refractivity contribution in [1.82, 2.24) is 9.88 Å². The first-order chi connectivity index (χ1) is 18.6. The molecule has 0 bridgehead atoms. The minimum atomic E-state index is -3.47. The summed E-state index contributed by atoms with van der Waals surface area (Å²) in [6.45, 7) is 0.903. The number of halogens is 1. The Kier molecular flexibility index (Phi) is 7.40. The van der Waals surface area contributed by atoms with Gasteiger partial charge in [-0.15, -0.1) is 0 Å². The third-order valence-corrected chi connectivity index (χ3v) is 7.99. The molecule has 3 aromatic carbocycles. The van der Waals surface area contributed by atoms with Gasteiger partial charge in [-0.1, -0.05) is 29.8 Å². The lowest BCUT2D eigenvalue weighted by atomic mass is 9.90. The molecule has 0 saturated carbocycles. The fraction of sp³-hybridized carbons (Fsp3) is 0.207. The first-order valence-corrected chi connectivity index (χ1v) is 14.6. The molecule has 5 rings (SSSR count). The van der Waals surface area contributed by atoms with E-state index >= 15 is 0 Å². The van der Waals surface area contributed by atoms with Crippen molar-refractivity contribution in [3.8, 4) is 0 Å².